The Bertz CT molecular complexity index is 470. The molecule has 1 saturated heterocycles. The summed E-state index contributed by atoms with van der Waals surface area (Å²) >= 11 is 6.07. The zero-order chi connectivity index (χ0) is 14.5. The maximum Gasteiger partial charge on any atom is 0.224 e. The number of piperidine rings is 1. The van der Waals surface area contributed by atoms with Gasteiger partial charge in [0.05, 0.1) is 0 Å². The maximum atomic E-state index is 12.2. The summed E-state index contributed by atoms with van der Waals surface area (Å²) in [5.41, 5.74) is 1.74. The second-order valence-electron chi connectivity index (χ2n) is 5.75. The van der Waals surface area contributed by atoms with Crippen LogP contribution >= 0.6 is 11.6 Å². The van der Waals surface area contributed by atoms with Crippen molar-refractivity contribution in [3.05, 3.63) is 28.8 Å². The topological polar surface area (TPSA) is 41.1 Å². The minimum atomic E-state index is 0.0773. The highest BCUT2D eigenvalue weighted by Crippen LogP contribution is 2.25. The summed E-state index contributed by atoms with van der Waals surface area (Å²) in [6, 6.07) is 5.59. The Morgan fingerprint density at radius 1 is 1.55 bits per heavy atom. The van der Waals surface area contributed by atoms with Gasteiger partial charge in [0, 0.05) is 17.1 Å². The fraction of sp³-hybridized carbons (Fsp3) is 0.562. The SMILES string of the molecule is Cc1c(Cl)cccc1NC(=O)CC(C)C1CCCNC1. The third-order valence-corrected chi connectivity index (χ3v) is 4.60. The van der Waals surface area contributed by atoms with Gasteiger partial charge in [-0.15, -0.1) is 0 Å². The van der Waals surface area contributed by atoms with Gasteiger partial charge < -0.3 is 10.6 Å². The lowest BCUT2D eigenvalue weighted by molar-refractivity contribution is -0.117. The number of halogens is 1. The highest BCUT2D eigenvalue weighted by molar-refractivity contribution is 6.31. The number of rotatable bonds is 4. The molecule has 1 fully saturated rings. The average Bonchev–Trinajstić information content (AvgIpc) is 2.45. The van der Waals surface area contributed by atoms with E-state index >= 15 is 0 Å². The van der Waals surface area contributed by atoms with Crippen LogP contribution in [-0.4, -0.2) is 19.0 Å². The van der Waals surface area contributed by atoms with Gasteiger partial charge in [0.1, 0.15) is 0 Å². The summed E-state index contributed by atoms with van der Waals surface area (Å²) in [6.45, 7) is 6.23. The Labute approximate surface area is 126 Å². The summed E-state index contributed by atoms with van der Waals surface area (Å²) < 4.78 is 0. The second-order valence-corrected chi connectivity index (χ2v) is 6.16. The largest absolute Gasteiger partial charge is 0.326 e. The van der Waals surface area contributed by atoms with Gasteiger partial charge in [-0.25, -0.2) is 0 Å². The first-order valence-electron chi connectivity index (χ1n) is 7.33. The molecule has 1 aromatic carbocycles. The predicted octanol–water partition coefficient (Wildman–Crippen LogP) is 3.61. The van der Waals surface area contributed by atoms with Gasteiger partial charge in [0.25, 0.3) is 0 Å². The molecule has 0 spiro atoms. The quantitative estimate of drug-likeness (QED) is 0.890. The van der Waals surface area contributed by atoms with E-state index in [0.717, 1.165) is 24.3 Å². The van der Waals surface area contributed by atoms with Crippen LogP contribution in [0.4, 0.5) is 5.69 Å². The van der Waals surface area contributed by atoms with Crippen LogP contribution in [0, 0.1) is 18.8 Å². The van der Waals surface area contributed by atoms with Crippen molar-refractivity contribution in [3.63, 3.8) is 0 Å². The smallest absolute Gasteiger partial charge is 0.224 e. The van der Waals surface area contributed by atoms with Gasteiger partial charge in [0.15, 0.2) is 0 Å². The lowest BCUT2D eigenvalue weighted by Crippen LogP contribution is -2.34. The molecule has 1 aromatic rings. The van der Waals surface area contributed by atoms with Crippen molar-refractivity contribution in [2.75, 3.05) is 18.4 Å². The van der Waals surface area contributed by atoms with Crippen molar-refractivity contribution in [3.8, 4) is 0 Å². The molecule has 4 heteroatoms. The van der Waals surface area contributed by atoms with Crippen molar-refractivity contribution in [2.24, 2.45) is 11.8 Å². The van der Waals surface area contributed by atoms with Crippen LogP contribution in [0.5, 0.6) is 0 Å². The molecule has 0 saturated carbocycles. The summed E-state index contributed by atoms with van der Waals surface area (Å²) in [5, 5.41) is 7.07. The number of carbonyl (C=O) groups excluding carboxylic acids is 1. The van der Waals surface area contributed by atoms with Crippen molar-refractivity contribution in [1.82, 2.24) is 5.32 Å². The fourth-order valence-corrected chi connectivity index (χ4v) is 2.94. The Hall–Kier alpha value is -1.06. The van der Waals surface area contributed by atoms with E-state index in [9.17, 15) is 4.79 Å². The van der Waals surface area contributed by atoms with E-state index in [0.29, 0.717) is 23.3 Å². The Balaban J connectivity index is 1.90. The van der Waals surface area contributed by atoms with Gasteiger partial charge in [-0.05, 0) is 62.4 Å². The lowest BCUT2D eigenvalue weighted by Gasteiger charge is -2.28. The summed E-state index contributed by atoms with van der Waals surface area (Å²) in [5.74, 6) is 1.09. The molecule has 0 bridgehead atoms. The monoisotopic (exact) mass is 294 g/mol. The third-order valence-electron chi connectivity index (χ3n) is 4.19. The van der Waals surface area contributed by atoms with Gasteiger partial charge in [-0.3, -0.25) is 4.79 Å². The van der Waals surface area contributed by atoms with Crippen LogP contribution in [-0.2, 0) is 4.79 Å². The molecular formula is C16H23ClN2O. The molecule has 0 radical (unpaired) electrons. The lowest BCUT2D eigenvalue weighted by atomic mass is 9.85. The highest BCUT2D eigenvalue weighted by atomic mass is 35.5. The number of nitrogens with one attached hydrogen (secondary N) is 2. The maximum absolute atomic E-state index is 12.2. The molecule has 2 unspecified atom stereocenters. The number of hydrogen-bond acceptors (Lipinski definition) is 2. The van der Waals surface area contributed by atoms with E-state index < -0.39 is 0 Å². The fourth-order valence-electron chi connectivity index (χ4n) is 2.77. The molecule has 1 aliphatic heterocycles. The second kappa shape index (κ2) is 7.09. The highest BCUT2D eigenvalue weighted by Gasteiger charge is 2.22. The average molecular weight is 295 g/mol. The van der Waals surface area contributed by atoms with Crippen molar-refractivity contribution < 1.29 is 4.79 Å². The van der Waals surface area contributed by atoms with E-state index in [1.54, 1.807) is 0 Å². The standard InChI is InChI=1S/C16H23ClN2O/c1-11(13-5-4-8-18-10-13)9-16(20)19-15-7-3-6-14(17)12(15)2/h3,6-7,11,13,18H,4-5,8-10H2,1-2H3,(H,19,20). The van der Waals surface area contributed by atoms with Crippen LogP contribution < -0.4 is 10.6 Å². The van der Waals surface area contributed by atoms with E-state index in [1.807, 2.05) is 25.1 Å². The molecule has 20 heavy (non-hydrogen) atoms. The van der Waals surface area contributed by atoms with E-state index in [2.05, 4.69) is 17.6 Å². The summed E-state index contributed by atoms with van der Waals surface area (Å²) in [6.07, 6.45) is 3.00. The van der Waals surface area contributed by atoms with Crippen LogP contribution in [0.1, 0.15) is 31.7 Å². The molecule has 1 heterocycles. The summed E-state index contributed by atoms with van der Waals surface area (Å²) in [7, 11) is 0. The minimum Gasteiger partial charge on any atom is -0.326 e. The first-order valence-corrected chi connectivity index (χ1v) is 7.71. The molecule has 2 rings (SSSR count). The molecule has 1 aliphatic rings. The van der Waals surface area contributed by atoms with E-state index in [-0.39, 0.29) is 5.91 Å². The van der Waals surface area contributed by atoms with E-state index in [4.69, 9.17) is 11.6 Å². The van der Waals surface area contributed by atoms with Gasteiger partial charge >= 0.3 is 0 Å². The number of benzene rings is 1. The van der Waals surface area contributed by atoms with Crippen LogP contribution in [0.2, 0.25) is 5.02 Å². The number of amides is 1. The Morgan fingerprint density at radius 3 is 3.05 bits per heavy atom. The van der Waals surface area contributed by atoms with Crippen LogP contribution in [0.3, 0.4) is 0 Å². The number of anilines is 1. The van der Waals surface area contributed by atoms with Crippen LogP contribution in [0.15, 0.2) is 18.2 Å². The Kier molecular flexibility index (Phi) is 5.44. The minimum absolute atomic E-state index is 0.0773. The van der Waals surface area contributed by atoms with Crippen molar-refractivity contribution in [2.45, 2.75) is 33.1 Å². The summed E-state index contributed by atoms with van der Waals surface area (Å²) in [4.78, 5) is 12.2. The molecule has 0 aliphatic carbocycles. The van der Waals surface area contributed by atoms with Crippen molar-refractivity contribution in [1.29, 1.82) is 0 Å². The van der Waals surface area contributed by atoms with Crippen LogP contribution in [0.25, 0.3) is 0 Å². The normalized spacial score (nSPS) is 20.4. The zero-order valence-electron chi connectivity index (χ0n) is 12.2. The third kappa shape index (κ3) is 3.97. The van der Waals surface area contributed by atoms with Gasteiger partial charge in [-0.1, -0.05) is 24.6 Å². The molecule has 2 N–H and O–H groups in total. The van der Waals surface area contributed by atoms with Crippen molar-refractivity contribution >= 4 is 23.2 Å². The first-order chi connectivity index (χ1) is 9.58. The van der Waals surface area contributed by atoms with E-state index in [1.165, 1.54) is 12.8 Å². The van der Waals surface area contributed by atoms with Gasteiger partial charge in [0.2, 0.25) is 5.91 Å². The van der Waals surface area contributed by atoms with Gasteiger partial charge in [-0.2, -0.15) is 0 Å². The molecule has 1 amide bonds. The zero-order valence-corrected chi connectivity index (χ0v) is 13.0. The first kappa shape index (κ1) is 15.3. The number of hydrogen-bond donors (Lipinski definition) is 2. The Morgan fingerprint density at radius 2 is 2.35 bits per heavy atom. The molecule has 2 atom stereocenters. The number of carbonyl (C=O) groups is 1. The molecule has 3 nitrogen and oxygen atoms in total. The predicted molar refractivity (Wildman–Crippen MR) is 84.2 cm³/mol. The molecule has 110 valence electrons. The molecule has 0 aromatic heterocycles. The molecular weight excluding hydrogens is 272 g/mol.